The van der Waals surface area contributed by atoms with Gasteiger partial charge in [-0.15, -0.1) is 0 Å². The second-order valence-electron chi connectivity index (χ2n) is 6.19. The Morgan fingerprint density at radius 1 is 1.30 bits per heavy atom. The lowest BCUT2D eigenvalue weighted by molar-refractivity contribution is 0.0634. The Labute approximate surface area is 133 Å². The Bertz CT molecular complexity index is 946. The molecule has 0 N–H and O–H groups in total. The number of carbonyl (C=O) groups excluding carboxylic acids is 1. The van der Waals surface area contributed by atoms with Crippen LogP contribution in [-0.4, -0.2) is 43.3 Å². The van der Waals surface area contributed by atoms with Gasteiger partial charge in [0.05, 0.1) is 17.0 Å². The molecule has 0 saturated carbocycles. The number of fused-ring (bicyclic) bond motifs is 1. The van der Waals surface area contributed by atoms with E-state index in [-0.39, 0.29) is 17.1 Å². The van der Waals surface area contributed by atoms with Crippen LogP contribution in [-0.2, 0) is 9.84 Å². The number of benzene rings is 1. The Kier molecular flexibility index (Phi) is 3.55. The molecule has 2 aromatic rings. The molecule has 6 nitrogen and oxygen atoms in total. The summed E-state index contributed by atoms with van der Waals surface area (Å²) in [6, 6.07) is 8.41. The third-order valence-electron chi connectivity index (χ3n) is 4.47. The lowest BCUT2D eigenvalue weighted by atomic mass is 9.99. The smallest absolute Gasteiger partial charge is 0.349 e. The summed E-state index contributed by atoms with van der Waals surface area (Å²) in [6.45, 7) is 1.72. The molecule has 1 amide bonds. The minimum atomic E-state index is -3.15. The summed E-state index contributed by atoms with van der Waals surface area (Å²) in [5, 5.41) is 0.646. The van der Waals surface area contributed by atoms with Crippen molar-refractivity contribution >= 4 is 26.7 Å². The largest absolute Gasteiger partial charge is 0.422 e. The first-order chi connectivity index (χ1) is 10.7. The fourth-order valence-corrected chi connectivity index (χ4v) is 5.08. The number of sulfone groups is 1. The van der Waals surface area contributed by atoms with Crippen molar-refractivity contribution < 1.29 is 17.6 Å². The van der Waals surface area contributed by atoms with Crippen molar-refractivity contribution in [3.63, 3.8) is 0 Å². The van der Waals surface area contributed by atoms with Crippen molar-refractivity contribution in [2.75, 3.05) is 18.6 Å². The van der Waals surface area contributed by atoms with Crippen molar-refractivity contribution in [2.45, 2.75) is 18.9 Å². The van der Waals surface area contributed by atoms with E-state index in [1.165, 1.54) is 18.0 Å². The van der Waals surface area contributed by atoms with Crippen LogP contribution in [0.5, 0.6) is 0 Å². The molecule has 1 atom stereocenters. The topological polar surface area (TPSA) is 84.7 Å². The summed E-state index contributed by atoms with van der Waals surface area (Å²) in [5.41, 5.74) is -1.21. The molecule has 0 aliphatic carbocycles. The first-order valence-corrected chi connectivity index (χ1v) is 9.05. The van der Waals surface area contributed by atoms with Gasteiger partial charge in [0.15, 0.2) is 9.84 Å². The van der Waals surface area contributed by atoms with Crippen LogP contribution in [0.4, 0.5) is 0 Å². The third kappa shape index (κ3) is 2.76. The van der Waals surface area contributed by atoms with E-state index in [0.29, 0.717) is 17.4 Å². The van der Waals surface area contributed by atoms with Gasteiger partial charge in [0, 0.05) is 12.4 Å². The summed E-state index contributed by atoms with van der Waals surface area (Å²) in [6.07, 6.45) is 0.358. The molecule has 3 rings (SSSR count). The minimum Gasteiger partial charge on any atom is -0.422 e. The Morgan fingerprint density at radius 2 is 2.00 bits per heavy atom. The van der Waals surface area contributed by atoms with Gasteiger partial charge in [-0.05, 0) is 25.5 Å². The van der Waals surface area contributed by atoms with Crippen LogP contribution in [0.1, 0.15) is 23.7 Å². The van der Waals surface area contributed by atoms with Gasteiger partial charge in [-0.2, -0.15) is 0 Å². The van der Waals surface area contributed by atoms with E-state index >= 15 is 0 Å². The van der Waals surface area contributed by atoms with E-state index in [2.05, 4.69) is 0 Å². The van der Waals surface area contributed by atoms with E-state index in [9.17, 15) is 18.0 Å². The van der Waals surface area contributed by atoms with E-state index < -0.39 is 26.9 Å². The van der Waals surface area contributed by atoms with Crippen LogP contribution in [0, 0.1) is 0 Å². The van der Waals surface area contributed by atoms with Crippen LogP contribution >= 0.6 is 0 Å². The van der Waals surface area contributed by atoms with E-state index in [0.717, 1.165) is 0 Å². The van der Waals surface area contributed by atoms with Gasteiger partial charge in [-0.25, -0.2) is 13.2 Å². The van der Waals surface area contributed by atoms with Crippen molar-refractivity contribution in [1.29, 1.82) is 0 Å². The summed E-state index contributed by atoms with van der Waals surface area (Å²) in [4.78, 5) is 26.1. The predicted octanol–water partition coefficient (Wildman–Crippen LogP) is 1.44. The molecule has 1 saturated heterocycles. The number of hydrogen-bond donors (Lipinski definition) is 0. The SMILES string of the molecule is CN(C(=O)c1cc2ccccc2oc1=O)[C@]1(C)CCS(=O)(=O)C1. The zero-order valence-electron chi connectivity index (χ0n) is 12.9. The summed E-state index contributed by atoms with van der Waals surface area (Å²) < 4.78 is 28.6. The number of amides is 1. The highest BCUT2D eigenvalue weighted by atomic mass is 32.2. The molecule has 1 aromatic heterocycles. The van der Waals surface area contributed by atoms with Crippen LogP contribution < -0.4 is 5.63 Å². The number of rotatable bonds is 2. The average Bonchev–Trinajstić information content (AvgIpc) is 2.80. The lowest BCUT2D eigenvalue weighted by Crippen LogP contribution is -2.49. The molecule has 0 unspecified atom stereocenters. The number of carbonyl (C=O) groups is 1. The summed E-state index contributed by atoms with van der Waals surface area (Å²) >= 11 is 0. The second-order valence-corrected chi connectivity index (χ2v) is 8.37. The second kappa shape index (κ2) is 5.19. The Morgan fingerprint density at radius 3 is 2.65 bits per heavy atom. The predicted molar refractivity (Wildman–Crippen MR) is 86.3 cm³/mol. The van der Waals surface area contributed by atoms with Gasteiger partial charge in [0.1, 0.15) is 11.1 Å². The molecule has 23 heavy (non-hydrogen) atoms. The molecule has 7 heteroatoms. The normalized spacial score (nSPS) is 23.0. The summed E-state index contributed by atoms with van der Waals surface area (Å²) in [5.74, 6) is -0.571. The quantitative estimate of drug-likeness (QED) is 0.775. The third-order valence-corrected chi connectivity index (χ3v) is 6.36. The Hall–Kier alpha value is -2.15. The molecule has 0 spiro atoms. The minimum absolute atomic E-state index is 0.0491. The van der Waals surface area contributed by atoms with Crippen LogP contribution in [0.2, 0.25) is 0 Å². The maximum Gasteiger partial charge on any atom is 0.349 e. The molecule has 0 bridgehead atoms. The maximum atomic E-state index is 12.7. The molecule has 122 valence electrons. The van der Waals surface area contributed by atoms with Gasteiger partial charge in [-0.1, -0.05) is 18.2 Å². The van der Waals surface area contributed by atoms with Crippen LogP contribution in [0.15, 0.2) is 39.5 Å². The van der Waals surface area contributed by atoms with Crippen LogP contribution in [0.25, 0.3) is 11.0 Å². The molecule has 1 aliphatic heterocycles. The van der Waals surface area contributed by atoms with Gasteiger partial charge in [0.2, 0.25) is 0 Å². The van der Waals surface area contributed by atoms with Gasteiger partial charge < -0.3 is 9.32 Å². The summed E-state index contributed by atoms with van der Waals surface area (Å²) in [7, 11) is -1.63. The van der Waals surface area contributed by atoms with Crippen molar-refractivity contribution in [3.05, 3.63) is 46.3 Å². The molecular weight excluding hydrogens is 318 g/mol. The maximum absolute atomic E-state index is 12.7. The monoisotopic (exact) mass is 335 g/mol. The molecule has 1 aromatic carbocycles. The van der Waals surface area contributed by atoms with Crippen molar-refractivity contribution in [2.24, 2.45) is 0 Å². The van der Waals surface area contributed by atoms with Gasteiger partial charge in [0.25, 0.3) is 5.91 Å². The van der Waals surface area contributed by atoms with E-state index in [1.54, 1.807) is 31.2 Å². The Balaban J connectivity index is 2.00. The fourth-order valence-electron chi connectivity index (χ4n) is 2.89. The number of nitrogens with zero attached hydrogens (tertiary/aromatic N) is 1. The van der Waals surface area contributed by atoms with Crippen LogP contribution in [0.3, 0.4) is 0 Å². The highest BCUT2D eigenvalue weighted by molar-refractivity contribution is 7.91. The van der Waals surface area contributed by atoms with E-state index in [4.69, 9.17) is 4.42 Å². The highest BCUT2D eigenvalue weighted by Gasteiger charge is 2.43. The molecule has 0 radical (unpaired) electrons. The zero-order valence-corrected chi connectivity index (χ0v) is 13.7. The number of hydrogen-bond acceptors (Lipinski definition) is 5. The molecular formula is C16H17NO5S. The van der Waals surface area contributed by atoms with Gasteiger partial charge in [-0.3, -0.25) is 4.79 Å². The first-order valence-electron chi connectivity index (χ1n) is 7.23. The lowest BCUT2D eigenvalue weighted by Gasteiger charge is -2.34. The first kappa shape index (κ1) is 15.7. The van der Waals surface area contributed by atoms with Crippen molar-refractivity contribution in [3.8, 4) is 0 Å². The molecule has 1 aliphatic rings. The van der Waals surface area contributed by atoms with E-state index in [1.807, 2.05) is 0 Å². The van der Waals surface area contributed by atoms with Gasteiger partial charge >= 0.3 is 5.63 Å². The molecule has 1 fully saturated rings. The van der Waals surface area contributed by atoms with Crippen molar-refractivity contribution in [1.82, 2.24) is 4.90 Å². The average molecular weight is 335 g/mol. The fraction of sp³-hybridized carbons (Fsp3) is 0.375. The zero-order chi connectivity index (χ0) is 16.8. The molecule has 2 heterocycles. The highest BCUT2D eigenvalue weighted by Crippen LogP contribution is 2.29. The number of para-hydroxylation sites is 1. The standard InChI is InChI=1S/C16H17NO5S/c1-16(7-8-23(20,21)10-16)17(2)14(18)12-9-11-5-3-4-6-13(11)22-15(12)19/h3-6,9H,7-8,10H2,1-2H3/t16-/m1/s1.